The normalized spacial score (nSPS) is 13.9. The number of ether oxygens (including phenoxy) is 2. The minimum atomic E-state index is -4.66. The zero-order valence-electron chi connectivity index (χ0n) is 29.6. The van der Waals surface area contributed by atoms with Crippen molar-refractivity contribution in [2.24, 2.45) is 0 Å². The summed E-state index contributed by atoms with van der Waals surface area (Å²) in [6.07, 6.45) is -0.430. The van der Waals surface area contributed by atoms with Gasteiger partial charge in [0, 0.05) is 0 Å². The van der Waals surface area contributed by atoms with Crippen LogP contribution in [-0.2, 0) is 39.5 Å². The van der Waals surface area contributed by atoms with Gasteiger partial charge in [0.2, 0.25) is 0 Å². The number of aliphatic hydroxyl groups is 1. The van der Waals surface area contributed by atoms with Crippen molar-refractivity contribution in [1.82, 2.24) is 5.32 Å². The fourth-order valence-corrected chi connectivity index (χ4v) is 7.33. The third-order valence-corrected chi connectivity index (χ3v) is 10.4. The number of hydrogen-bond acceptors (Lipinski definition) is 6. The highest BCUT2D eigenvalue weighted by atomic mass is 31.1. The van der Waals surface area contributed by atoms with Gasteiger partial charge in [0.05, 0.1) is 36.6 Å². The van der Waals surface area contributed by atoms with Crippen molar-refractivity contribution in [2.45, 2.75) is 82.3 Å². The summed E-state index contributed by atoms with van der Waals surface area (Å²) in [5.41, 5.74) is -0.114. The largest absolute Gasteiger partial charge is 0.493 e. The van der Waals surface area contributed by atoms with E-state index >= 15 is 0 Å². The maximum Gasteiger partial charge on any atom is 0.419 e. The van der Waals surface area contributed by atoms with Gasteiger partial charge < -0.3 is 24.4 Å². The Morgan fingerprint density at radius 1 is 0.827 bits per heavy atom. The van der Waals surface area contributed by atoms with Crippen LogP contribution in [0.3, 0.4) is 0 Å². The molecule has 0 radical (unpaired) electrons. The van der Waals surface area contributed by atoms with E-state index in [0.717, 1.165) is 48.4 Å². The van der Waals surface area contributed by atoms with Crippen LogP contribution in [0.5, 0.6) is 5.75 Å². The van der Waals surface area contributed by atoms with Gasteiger partial charge in [-0.05, 0) is 60.1 Å². The molecule has 4 aromatic rings. The Morgan fingerprint density at radius 3 is 2.10 bits per heavy atom. The van der Waals surface area contributed by atoms with E-state index < -0.39 is 43.7 Å². The van der Waals surface area contributed by atoms with E-state index in [4.69, 9.17) is 14.0 Å². The number of amides is 1. The lowest BCUT2D eigenvalue weighted by atomic mass is 9.92. The molecule has 3 atom stereocenters. The third kappa shape index (κ3) is 13.1. The number of hydrogen-bond donors (Lipinski definition) is 2. The van der Waals surface area contributed by atoms with Gasteiger partial charge in [-0.2, -0.15) is 13.2 Å². The molecule has 0 bridgehead atoms. The molecule has 7 nitrogen and oxygen atoms in total. The van der Waals surface area contributed by atoms with Gasteiger partial charge in [-0.25, -0.2) is 4.79 Å². The molecule has 0 saturated heterocycles. The van der Waals surface area contributed by atoms with Gasteiger partial charge in [-0.15, -0.1) is 0 Å². The van der Waals surface area contributed by atoms with Crippen molar-refractivity contribution in [3.05, 3.63) is 137 Å². The molecule has 0 fully saturated rings. The predicted octanol–water partition coefficient (Wildman–Crippen LogP) is 10.1. The number of benzene rings is 4. The maximum absolute atomic E-state index is 14.2. The summed E-state index contributed by atoms with van der Waals surface area (Å²) >= 11 is 0. The maximum atomic E-state index is 14.2. The molecular formula is C41H49F3NO6P. The van der Waals surface area contributed by atoms with Crippen LogP contribution in [0, 0.1) is 0 Å². The first kappa shape index (κ1) is 40.7. The van der Waals surface area contributed by atoms with E-state index in [1.54, 1.807) is 30.3 Å². The Bertz CT molecular complexity index is 1660. The molecule has 0 spiro atoms. The van der Waals surface area contributed by atoms with Gasteiger partial charge in [0.25, 0.3) is 0 Å². The number of halogens is 3. The highest BCUT2D eigenvalue weighted by Gasteiger charge is 2.37. The number of carbonyl (C=O) groups excluding carboxylic acids is 1. The van der Waals surface area contributed by atoms with Crippen LogP contribution < -0.4 is 10.1 Å². The zero-order chi connectivity index (χ0) is 37.2. The second-order valence-corrected chi connectivity index (χ2v) is 14.6. The lowest BCUT2D eigenvalue weighted by Crippen LogP contribution is -2.55. The summed E-state index contributed by atoms with van der Waals surface area (Å²) in [4.78, 5) is 13.1. The molecule has 4 rings (SSSR count). The van der Waals surface area contributed by atoms with Crippen molar-refractivity contribution >= 4 is 14.1 Å². The Balaban J connectivity index is 1.53. The second kappa shape index (κ2) is 20.8. The highest BCUT2D eigenvalue weighted by molar-refractivity contribution is 7.39. The first-order chi connectivity index (χ1) is 25.1. The van der Waals surface area contributed by atoms with E-state index in [2.05, 4.69) is 12.2 Å². The number of nitrogens with one attached hydrogen (secondary N) is 1. The number of rotatable bonds is 21. The summed E-state index contributed by atoms with van der Waals surface area (Å²) in [5, 5.41) is 13.5. The van der Waals surface area contributed by atoms with Crippen LogP contribution in [0.1, 0.15) is 78.9 Å². The summed E-state index contributed by atoms with van der Waals surface area (Å²) < 4.78 is 73.5. The summed E-state index contributed by atoms with van der Waals surface area (Å²) in [6.45, 7) is 1.20. The average molecular weight is 740 g/mol. The number of aliphatic hydroxyl groups excluding tert-OH is 1. The summed E-state index contributed by atoms with van der Waals surface area (Å²) in [7, 11) is -2.86. The minimum Gasteiger partial charge on any atom is -0.493 e. The standard InChI is InChI=1S/C41H49F3NO6P/c1-2-3-4-5-15-26-49-37-23-22-33(27-36(37)41(42,43)44)24-25-40(30-46,45-39(47)50-29-34-18-11-7-12-19-34)31-51-52(48)38(35-20-13-8-14-21-35)28-32-16-9-6-10-17-32/h6-14,16-23,27,38,46,52H,2-5,15,24-26,28-31H2,1H3,(H,45,47). The van der Waals surface area contributed by atoms with Crippen molar-refractivity contribution in [3.8, 4) is 5.75 Å². The fourth-order valence-electron chi connectivity index (χ4n) is 5.84. The molecule has 280 valence electrons. The number of alkyl carbamates (subject to hydrolysis) is 1. The smallest absolute Gasteiger partial charge is 0.419 e. The van der Waals surface area contributed by atoms with Gasteiger partial charge in [0.15, 0.2) is 8.03 Å². The average Bonchev–Trinajstić information content (AvgIpc) is 3.16. The first-order valence-electron chi connectivity index (χ1n) is 17.8. The first-order valence-corrected chi connectivity index (χ1v) is 19.2. The summed E-state index contributed by atoms with van der Waals surface area (Å²) in [5.74, 6) is -0.241. The lowest BCUT2D eigenvalue weighted by Gasteiger charge is -2.33. The SMILES string of the molecule is CCCCCCCOc1ccc(CCC(CO)(CO[PH](=O)C(Cc2ccccc2)c2ccccc2)NC(=O)OCc2ccccc2)cc1C(F)(F)F. The highest BCUT2D eigenvalue weighted by Crippen LogP contribution is 2.45. The van der Waals surface area contributed by atoms with Crippen LogP contribution in [-0.4, -0.2) is 36.6 Å². The van der Waals surface area contributed by atoms with Crippen LogP contribution in [0.25, 0.3) is 0 Å². The third-order valence-electron chi connectivity index (χ3n) is 8.89. The molecule has 0 aliphatic carbocycles. The molecular weight excluding hydrogens is 690 g/mol. The van der Waals surface area contributed by atoms with Crippen LogP contribution in [0.15, 0.2) is 109 Å². The molecule has 0 aliphatic rings. The molecule has 0 aromatic heterocycles. The molecule has 0 aliphatic heterocycles. The van der Waals surface area contributed by atoms with Crippen LogP contribution >= 0.6 is 8.03 Å². The number of unbranched alkanes of at least 4 members (excludes halogenated alkanes) is 4. The van der Waals surface area contributed by atoms with Crippen LogP contribution in [0.4, 0.5) is 18.0 Å². The van der Waals surface area contributed by atoms with E-state index in [9.17, 15) is 27.6 Å². The Hall–Kier alpha value is -4.11. The topological polar surface area (TPSA) is 94.1 Å². The number of aryl methyl sites for hydroxylation is 1. The van der Waals surface area contributed by atoms with Gasteiger partial charge in [0.1, 0.15) is 12.4 Å². The molecule has 2 N–H and O–H groups in total. The van der Waals surface area contributed by atoms with E-state index in [1.165, 1.54) is 6.07 Å². The quantitative estimate of drug-likeness (QED) is 0.0653. The van der Waals surface area contributed by atoms with Gasteiger partial charge >= 0.3 is 12.3 Å². The molecule has 52 heavy (non-hydrogen) atoms. The molecule has 0 heterocycles. The lowest BCUT2D eigenvalue weighted by molar-refractivity contribution is -0.139. The second-order valence-electron chi connectivity index (χ2n) is 13.0. The fraction of sp³-hybridized carbons (Fsp3) is 0.390. The summed E-state index contributed by atoms with van der Waals surface area (Å²) in [6, 6.07) is 31.8. The molecule has 0 saturated carbocycles. The zero-order valence-corrected chi connectivity index (χ0v) is 30.6. The predicted molar refractivity (Wildman–Crippen MR) is 198 cm³/mol. The van der Waals surface area contributed by atoms with E-state index in [-0.39, 0.29) is 38.4 Å². The van der Waals surface area contributed by atoms with Gasteiger partial charge in [-0.3, -0.25) is 4.57 Å². The molecule has 4 aromatic carbocycles. The molecule has 11 heteroatoms. The monoisotopic (exact) mass is 739 g/mol. The van der Waals surface area contributed by atoms with Crippen molar-refractivity contribution in [1.29, 1.82) is 0 Å². The van der Waals surface area contributed by atoms with Crippen LogP contribution in [0.2, 0.25) is 0 Å². The number of carbonyl (C=O) groups is 1. The Morgan fingerprint density at radius 2 is 1.46 bits per heavy atom. The Labute approximate surface area is 305 Å². The van der Waals surface area contributed by atoms with Crippen molar-refractivity contribution in [2.75, 3.05) is 19.8 Å². The van der Waals surface area contributed by atoms with Crippen molar-refractivity contribution in [3.63, 3.8) is 0 Å². The number of alkyl halides is 3. The van der Waals surface area contributed by atoms with E-state index in [1.807, 2.05) is 66.7 Å². The molecule has 3 unspecified atom stereocenters. The Kier molecular flexibility index (Phi) is 16.3. The van der Waals surface area contributed by atoms with Gasteiger partial charge in [-0.1, -0.05) is 130 Å². The van der Waals surface area contributed by atoms with E-state index in [0.29, 0.717) is 18.4 Å². The minimum absolute atomic E-state index is 0.0241. The van der Waals surface area contributed by atoms with Crippen molar-refractivity contribution < 1.29 is 41.6 Å². The molecule has 1 amide bonds.